The van der Waals surface area contributed by atoms with Crippen molar-refractivity contribution in [1.29, 1.82) is 5.26 Å². The first-order valence-electron chi connectivity index (χ1n) is 7.29. The number of hydrogen-bond donors (Lipinski definition) is 1. The maximum absolute atomic E-state index is 12.5. The molecular formula is C17H19N3O. The van der Waals surface area contributed by atoms with Gasteiger partial charge in [0.25, 0.3) is 5.91 Å². The summed E-state index contributed by atoms with van der Waals surface area (Å²) in [7, 11) is 0. The molecule has 2 aromatic rings. The number of aromatic nitrogens is 1. The van der Waals surface area contributed by atoms with Crippen molar-refractivity contribution in [3.8, 4) is 6.07 Å². The topological polar surface area (TPSA) is 65.8 Å². The fraction of sp³-hybridized carbons (Fsp3) is 0.353. The number of nitrogens with zero attached hydrogens (tertiary/aromatic N) is 2. The van der Waals surface area contributed by atoms with Crippen molar-refractivity contribution < 1.29 is 4.79 Å². The number of amides is 1. The molecule has 1 aromatic heterocycles. The van der Waals surface area contributed by atoms with E-state index in [-0.39, 0.29) is 5.91 Å². The summed E-state index contributed by atoms with van der Waals surface area (Å²) in [6, 6.07) is 9.70. The third-order valence-electron chi connectivity index (χ3n) is 3.40. The second-order valence-electron chi connectivity index (χ2n) is 4.94. The maximum atomic E-state index is 12.5. The van der Waals surface area contributed by atoms with Crippen LogP contribution in [0.1, 0.15) is 42.1 Å². The van der Waals surface area contributed by atoms with E-state index in [9.17, 15) is 4.79 Å². The van der Waals surface area contributed by atoms with E-state index in [1.165, 1.54) is 0 Å². The molecule has 0 aliphatic carbocycles. The number of para-hydroxylation sites is 1. The van der Waals surface area contributed by atoms with Gasteiger partial charge < -0.3 is 5.32 Å². The van der Waals surface area contributed by atoms with Gasteiger partial charge in [-0.1, -0.05) is 31.5 Å². The number of aryl methyl sites for hydroxylation is 1. The Bertz CT molecular complexity index is 673. The Labute approximate surface area is 124 Å². The number of nitriles is 1. The highest BCUT2D eigenvalue weighted by Gasteiger charge is 2.15. The molecule has 0 fully saturated rings. The van der Waals surface area contributed by atoms with Crippen molar-refractivity contribution in [2.75, 3.05) is 6.54 Å². The highest BCUT2D eigenvalue weighted by molar-refractivity contribution is 6.07. The summed E-state index contributed by atoms with van der Waals surface area (Å²) < 4.78 is 0. The Morgan fingerprint density at radius 3 is 2.95 bits per heavy atom. The van der Waals surface area contributed by atoms with E-state index in [2.05, 4.69) is 17.2 Å². The molecule has 4 nitrogen and oxygen atoms in total. The lowest BCUT2D eigenvalue weighted by molar-refractivity contribution is 0.0955. The average molecular weight is 281 g/mol. The van der Waals surface area contributed by atoms with E-state index >= 15 is 0 Å². The lowest BCUT2D eigenvalue weighted by atomic mass is 9.99. The van der Waals surface area contributed by atoms with Crippen LogP contribution in [-0.2, 0) is 6.42 Å². The van der Waals surface area contributed by atoms with Crippen LogP contribution >= 0.6 is 0 Å². The summed E-state index contributed by atoms with van der Waals surface area (Å²) in [5, 5.41) is 12.3. The molecule has 1 aromatic carbocycles. The van der Waals surface area contributed by atoms with Crippen molar-refractivity contribution in [3.05, 3.63) is 41.6 Å². The van der Waals surface area contributed by atoms with Crippen LogP contribution < -0.4 is 5.32 Å². The highest BCUT2D eigenvalue weighted by atomic mass is 16.1. The molecule has 0 radical (unpaired) electrons. The smallest absolute Gasteiger partial charge is 0.252 e. The zero-order valence-corrected chi connectivity index (χ0v) is 12.2. The van der Waals surface area contributed by atoms with Crippen LogP contribution in [0.3, 0.4) is 0 Å². The quantitative estimate of drug-likeness (QED) is 0.827. The molecule has 108 valence electrons. The van der Waals surface area contributed by atoms with Gasteiger partial charge in [0.15, 0.2) is 0 Å². The number of pyridine rings is 1. The molecule has 0 bridgehead atoms. The van der Waals surface area contributed by atoms with Gasteiger partial charge in [0.1, 0.15) is 0 Å². The zero-order valence-electron chi connectivity index (χ0n) is 12.2. The monoisotopic (exact) mass is 281 g/mol. The third-order valence-corrected chi connectivity index (χ3v) is 3.40. The molecule has 1 heterocycles. The minimum atomic E-state index is -0.116. The molecule has 4 heteroatoms. The van der Waals surface area contributed by atoms with E-state index < -0.39 is 0 Å². The summed E-state index contributed by atoms with van der Waals surface area (Å²) >= 11 is 0. The van der Waals surface area contributed by atoms with Crippen molar-refractivity contribution in [3.63, 3.8) is 0 Å². The largest absolute Gasteiger partial charge is 0.351 e. The zero-order chi connectivity index (χ0) is 15.1. The molecule has 0 atom stereocenters. The SMILES string of the molecule is CCCCc1cnc2ccccc2c1C(=O)NCCC#N. The molecule has 0 saturated carbocycles. The van der Waals surface area contributed by atoms with Gasteiger partial charge in [-0.05, 0) is 24.5 Å². The number of carbonyl (C=O) groups is 1. The van der Waals surface area contributed by atoms with Gasteiger partial charge in [0, 0.05) is 18.1 Å². The fourth-order valence-corrected chi connectivity index (χ4v) is 2.33. The molecular weight excluding hydrogens is 262 g/mol. The van der Waals surface area contributed by atoms with E-state index in [0.717, 1.165) is 35.7 Å². The number of unbranched alkanes of at least 4 members (excludes halogenated alkanes) is 1. The molecule has 0 spiro atoms. The highest BCUT2D eigenvalue weighted by Crippen LogP contribution is 2.22. The standard InChI is InChI=1S/C17H19N3O/c1-2-3-7-13-12-20-15-9-5-4-8-14(15)16(13)17(21)19-11-6-10-18/h4-5,8-9,12H,2-3,6-7,11H2,1H3,(H,19,21). The fourth-order valence-electron chi connectivity index (χ4n) is 2.33. The third kappa shape index (κ3) is 3.57. The first kappa shape index (κ1) is 15.0. The average Bonchev–Trinajstić information content (AvgIpc) is 2.52. The van der Waals surface area contributed by atoms with Crippen LogP contribution in [0.4, 0.5) is 0 Å². The summed E-state index contributed by atoms with van der Waals surface area (Å²) in [5.74, 6) is -0.116. The molecule has 1 N–H and O–H groups in total. The van der Waals surface area contributed by atoms with Gasteiger partial charge in [0.2, 0.25) is 0 Å². The molecule has 0 aliphatic heterocycles. The van der Waals surface area contributed by atoms with Crippen molar-refractivity contribution in [2.24, 2.45) is 0 Å². The Balaban J connectivity index is 2.40. The van der Waals surface area contributed by atoms with Crippen LogP contribution in [0.2, 0.25) is 0 Å². The number of rotatable bonds is 6. The summed E-state index contributed by atoms with van der Waals surface area (Å²) in [5.41, 5.74) is 2.50. The Morgan fingerprint density at radius 1 is 1.38 bits per heavy atom. The maximum Gasteiger partial charge on any atom is 0.252 e. The lowest BCUT2D eigenvalue weighted by Crippen LogP contribution is -2.25. The van der Waals surface area contributed by atoms with Gasteiger partial charge in [-0.25, -0.2) is 0 Å². The van der Waals surface area contributed by atoms with E-state index in [1.54, 1.807) is 6.20 Å². The van der Waals surface area contributed by atoms with Crippen LogP contribution in [0, 0.1) is 11.3 Å². The van der Waals surface area contributed by atoms with Crippen molar-refractivity contribution in [1.82, 2.24) is 10.3 Å². The minimum Gasteiger partial charge on any atom is -0.351 e. The molecule has 0 unspecified atom stereocenters. The first-order valence-corrected chi connectivity index (χ1v) is 7.29. The summed E-state index contributed by atoms with van der Waals surface area (Å²) in [4.78, 5) is 16.9. The van der Waals surface area contributed by atoms with Gasteiger partial charge in [-0.2, -0.15) is 5.26 Å². The van der Waals surface area contributed by atoms with Gasteiger partial charge in [-0.15, -0.1) is 0 Å². The Morgan fingerprint density at radius 2 is 2.19 bits per heavy atom. The second kappa shape index (κ2) is 7.39. The van der Waals surface area contributed by atoms with Crippen LogP contribution in [-0.4, -0.2) is 17.4 Å². The van der Waals surface area contributed by atoms with Gasteiger partial charge in [-0.3, -0.25) is 9.78 Å². The number of benzene rings is 1. The number of fused-ring (bicyclic) bond motifs is 1. The van der Waals surface area contributed by atoms with E-state index in [0.29, 0.717) is 18.5 Å². The van der Waals surface area contributed by atoms with E-state index in [4.69, 9.17) is 5.26 Å². The summed E-state index contributed by atoms with van der Waals surface area (Å²) in [6.45, 7) is 2.50. The van der Waals surface area contributed by atoms with Crippen molar-refractivity contribution >= 4 is 16.8 Å². The minimum absolute atomic E-state index is 0.116. The molecule has 2 rings (SSSR count). The van der Waals surface area contributed by atoms with Crippen LogP contribution in [0.5, 0.6) is 0 Å². The number of nitrogens with one attached hydrogen (secondary N) is 1. The predicted octanol–water partition coefficient (Wildman–Crippen LogP) is 3.22. The van der Waals surface area contributed by atoms with Gasteiger partial charge in [0.05, 0.1) is 23.6 Å². The Kier molecular flexibility index (Phi) is 5.28. The Hall–Kier alpha value is -2.41. The van der Waals surface area contributed by atoms with Crippen molar-refractivity contribution in [2.45, 2.75) is 32.6 Å². The first-order chi connectivity index (χ1) is 10.3. The van der Waals surface area contributed by atoms with Gasteiger partial charge >= 0.3 is 0 Å². The molecule has 1 amide bonds. The molecule has 0 saturated heterocycles. The van der Waals surface area contributed by atoms with Crippen LogP contribution in [0.15, 0.2) is 30.5 Å². The number of hydrogen-bond acceptors (Lipinski definition) is 3. The van der Waals surface area contributed by atoms with E-state index in [1.807, 2.05) is 30.3 Å². The number of carbonyl (C=O) groups excluding carboxylic acids is 1. The second-order valence-corrected chi connectivity index (χ2v) is 4.94. The lowest BCUT2D eigenvalue weighted by Gasteiger charge is -2.12. The summed E-state index contributed by atoms with van der Waals surface area (Å²) in [6.07, 6.45) is 5.06. The molecule has 21 heavy (non-hydrogen) atoms. The normalized spacial score (nSPS) is 10.3. The predicted molar refractivity (Wildman–Crippen MR) is 82.9 cm³/mol. The molecule has 0 aliphatic rings. The van der Waals surface area contributed by atoms with Crippen LogP contribution in [0.25, 0.3) is 10.9 Å².